The number of benzene rings is 1. The van der Waals surface area contributed by atoms with Gasteiger partial charge in [0, 0.05) is 0 Å². The molecule has 0 fully saturated rings. The van der Waals surface area contributed by atoms with Crippen molar-refractivity contribution in [2.75, 3.05) is 7.11 Å². The SMILES string of the molecule is COc1cc(C=C(C#N)C#N)ccc1C=O. The van der Waals surface area contributed by atoms with Crippen molar-refractivity contribution in [1.29, 1.82) is 10.5 Å². The summed E-state index contributed by atoms with van der Waals surface area (Å²) in [6.45, 7) is 0. The molecule has 0 aliphatic rings. The highest BCUT2D eigenvalue weighted by atomic mass is 16.5. The molecule has 0 aromatic heterocycles. The van der Waals surface area contributed by atoms with E-state index in [1.165, 1.54) is 13.2 Å². The summed E-state index contributed by atoms with van der Waals surface area (Å²) in [4.78, 5) is 10.6. The Hall–Kier alpha value is -2.59. The van der Waals surface area contributed by atoms with E-state index in [9.17, 15) is 4.79 Å². The maximum absolute atomic E-state index is 10.6. The molecule has 0 heterocycles. The minimum Gasteiger partial charge on any atom is -0.496 e. The lowest BCUT2D eigenvalue weighted by Crippen LogP contribution is -1.90. The van der Waals surface area contributed by atoms with E-state index in [1.807, 2.05) is 0 Å². The Morgan fingerprint density at radius 2 is 2.06 bits per heavy atom. The minimum absolute atomic E-state index is 0.000839. The van der Waals surface area contributed by atoms with Gasteiger partial charge in [-0.1, -0.05) is 6.07 Å². The lowest BCUT2D eigenvalue weighted by atomic mass is 10.1. The molecular formula is C12H8N2O2. The van der Waals surface area contributed by atoms with Gasteiger partial charge in [0.2, 0.25) is 0 Å². The molecule has 16 heavy (non-hydrogen) atoms. The lowest BCUT2D eigenvalue weighted by molar-refractivity contribution is 0.112. The van der Waals surface area contributed by atoms with E-state index in [1.54, 1.807) is 30.3 Å². The molecule has 0 aliphatic carbocycles. The molecule has 4 nitrogen and oxygen atoms in total. The van der Waals surface area contributed by atoms with Crippen LogP contribution in [0.15, 0.2) is 23.8 Å². The Bertz CT molecular complexity index is 503. The van der Waals surface area contributed by atoms with Crippen LogP contribution in [0.25, 0.3) is 6.08 Å². The number of allylic oxidation sites excluding steroid dienone is 1. The predicted octanol–water partition coefficient (Wildman–Crippen LogP) is 1.94. The zero-order valence-corrected chi connectivity index (χ0v) is 8.60. The fourth-order valence-electron chi connectivity index (χ4n) is 1.17. The molecule has 0 spiro atoms. The zero-order valence-electron chi connectivity index (χ0n) is 8.60. The summed E-state index contributed by atoms with van der Waals surface area (Å²) >= 11 is 0. The number of carbonyl (C=O) groups excluding carboxylic acids is 1. The van der Waals surface area contributed by atoms with Crippen LogP contribution >= 0.6 is 0 Å². The summed E-state index contributed by atoms with van der Waals surface area (Å²) in [5.74, 6) is 0.416. The molecule has 0 unspecified atom stereocenters. The summed E-state index contributed by atoms with van der Waals surface area (Å²) in [7, 11) is 1.45. The number of aldehydes is 1. The van der Waals surface area contributed by atoms with Gasteiger partial charge in [-0.25, -0.2) is 0 Å². The molecule has 0 amide bonds. The van der Waals surface area contributed by atoms with Crippen LogP contribution in [0, 0.1) is 22.7 Å². The summed E-state index contributed by atoms with van der Waals surface area (Å²) in [6, 6.07) is 8.32. The normalized spacial score (nSPS) is 8.44. The van der Waals surface area contributed by atoms with Crippen molar-refractivity contribution in [3.8, 4) is 17.9 Å². The Labute approximate surface area is 93.0 Å². The highest BCUT2D eigenvalue weighted by Crippen LogP contribution is 2.19. The van der Waals surface area contributed by atoms with E-state index in [0.717, 1.165) is 0 Å². The van der Waals surface area contributed by atoms with E-state index in [0.29, 0.717) is 23.2 Å². The second-order valence-electron chi connectivity index (χ2n) is 2.90. The second-order valence-corrected chi connectivity index (χ2v) is 2.90. The third-order valence-corrected chi connectivity index (χ3v) is 1.94. The van der Waals surface area contributed by atoms with Crippen LogP contribution in [0.3, 0.4) is 0 Å². The van der Waals surface area contributed by atoms with Crippen LogP contribution in [-0.2, 0) is 0 Å². The smallest absolute Gasteiger partial charge is 0.153 e. The molecule has 1 aromatic rings. The van der Waals surface area contributed by atoms with Crippen LogP contribution in [0.2, 0.25) is 0 Å². The number of carbonyl (C=O) groups is 1. The van der Waals surface area contributed by atoms with Crippen molar-refractivity contribution in [1.82, 2.24) is 0 Å². The first-order valence-corrected chi connectivity index (χ1v) is 4.40. The van der Waals surface area contributed by atoms with Crippen LogP contribution in [0.5, 0.6) is 5.75 Å². The van der Waals surface area contributed by atoms with Gasteiger partial charge >= 0.3 is 0 Å². The quantitative estimate of drug-likeness (QED) is 0.566. The molecule has 0 radical (unpaired) electrons. The maximum atomic E-state index is 10.6. The number of hydrogen-bond acceptors (Lipinski definition) is 4. The predicted molar refractivity (Wildman–Crippen MR) is 57.6 cm³/mol. The van der Waals surface area contributed by atoms with E-state index >= 15 is 0 Å². The second kappa shape index (κ2) is 5.33. The molecule has 0 bridgehead atoms. The van der Waals surface area contributed by atoms with Gasteiger partial charge in [-0.3, -0.25) is 4.79 Å². The van der Waals surface area contributed by atoms with Crippen molar-refractivity contribution in [2.45, 2.75) is 0 Å². The molecule has 1 aromatic carbocycles. The first-order valence-electron chi connectivity index (χ1n) is 4.40. The molecule has 4 heteroatoms. The summed E-state index contributed by atoms with van der Waals surface area (Å²) in [5, 5.41) is 17.2. The molecule has 1 rings (SSSR count). The monoisotopic (exact) mass is 212 g/mol. The Morgan fingerprint density at radius 1 is 1.38 bits per heavy atom. The largest absolute Gasteiger partial charge is 0.496 e. The minimum atomic E-state index is 0.000839. The van der Waals surface area contributed by atoms with Crippen LogP contribution in [-0.4, -0.2) is 13.4 Å². The highest BCUT2D eigenvalue weighted by molar-refractivity contribution is 5.80. The average Bonchev–Trinajstić information content (AvgIpc) is 2.35. The zero-order chi connectivity index (χ0) is 12.0. The standard InChI is InChI=1S/C12H8N2O2/c1-16-12-5-9(2-3-11(12)8-15)4-10(6-13)7-14/h2-5,8H,1H3. The van der Waals surface area contributed by atoms with Crippen molar-refractivity contribution < 1.29 is 9.53 Å². The van der Waals surface area contributed by atoms with Crippen molar-refractivity contribution in [2.24, 2.45) is 0 Å². The molecule has 0 saturated heterocycles. The first-order chi connectivity index (χ1) is 7.74. The average molecular weight is 212 g/mol. The van der Waals surface area contributed by atoms with Gasteiger partial charge in [-0.2, -0.15) is 10.5 Å². The van der Waals surface area contributed by atoms with Gasteiger partial charge < -0.3 is 4.74 Å². The van der Waals surface area contributed by atoms with E-state index in [2.05, 4.69) is 0 Å². The summed E-state index contributed by atoms with van der Waals surface area (Å²) in [6.07, 6.45) is 2.11. The fourth-order valence-corrected chi connectivity index (χ4v) is 1.17. The number of hydrogen-bond donors (Lipinski definition) is 0. The van der Waals surface area contributed by atoms with Gasteiger partial charge in [0.1, 0.15) is 23.5 Å². The van der Waals surface area contributed by atoms with E-state index < -0.39 is 0 Å². The molecular weight excluding hydrogens is 204 g/mol. The number of methoxy groups -OCH3 is 1. The molecule has 0 N–H and O–H groups in total. The number of nitriles is 2. The number of ether oxygens (including phenoxy) is 1. The first kappa shape index (κ1) is 11.5. The van der Waals surface area contributed by atoms with Crippen LogP contribution in [0.4, 0.5) is 0 Å². The van der Waals surface area contributed by atoms with Gasteiger partial charge in [0.15, 0.2) is 6.29 Å². The third kappa shape index (κ3) is 2.46. The van der Waals surface area contributed by atoms with Gasteiger partial charge in [-0.15, -0.1) is 0 Å². The maximum Gasteiger partial charge on any atom is 0.153 e. The van der Waals surface area contributed by atoms with Crippen molar-refractivity contribution in [3.63, 3.8) is 0 Å². The Balaban J connectivity index is 3.20. The lowest BCUT2D eigenvalue weighted by Gasteiger charge is -2.03. The van der Waals surface area contributed by atoms with E-state index in [4.69, 9.17) is 15.3 Å². The summed E-state index contributed by atoms with van der Waals surface area (Å²) < 4.78 is 5.00. The Kier molecular flexibility index (Phi) is 3.83. The van der Waals surface area contributed by atoms with Crippen LogP contribution < -0.4 is 4.74 Å². The number of rotatable bonds is 3. The Morgan fingerprint density at radius 3 is 2.56 bits per heavy atom. The van der Waals surface area contributed by atoms with Gasteiger partial charge in [0.05, 0.1) is 12.7 Å². The topological polar surface area (TPSA) is 73.9 Å². The molecule has 0 saturated carbocycles. The van der Waals surface area contributed by atoms with Gasteiger partial charge in [0.25, 0.3) is 0 Å². The summed E-state index contributed by atoms with van der Waals surface area (Å²) in [5.41, 5.74) is 1.07. The van der Waals surface area contributed by atoms with E-state index in [-0.39, 0.29) is 5.57 Å². The molecule has 0 atom stereocenters. The van der Waals surface area contributed by atoms with Crippen molar-refractivity contribution in [3.05, 3.63) is 34.9 Å². The molecule has 0 aliphatic heterocycles. The van der Waals surface area contributed by atoms with Crippen molar-refractivity contribution >= 4 is 12.4 Å². The molecule has 78 valence electrons. The van der Waals surface area contributed by atoms with Crippen LogP contribution in [0.1, 0.15) is 15.9 Å². The number of nitrogens with zero attached hydrogens (tertiary/aromatic N) is 2. The van der Waals surface area contributed by atoms with Gasteiger partial charge in [-0.05, 0) is 23.8 Å². The highest BCUT2D eigenvalue weighted by Gasteiger charge is 2.02. The third-order valence-electron chi connectivity index (χ3n) is 1.94. The fraction of sp³-hybridized carbons (Fsp3) is 0.0833.